The summed E-state index contributed by atoms with van der Waals surface area (Å²) in [6.07, 6.45) is 0. The number of rotatable bonds is 6. The van der Waals surface area contributed by atoms with Crippen molar-refractivity contribution in [2.45, 2.75) is 18.4 Å². The highest BCUT2D eigenvalue weighted by Gasteiger charge is 2.21. The molecule has 7 heteroatoms. The fourth-order valence-electron chi connectivity index (χ4n) is 2.67. The van der Waals surface area contributed by atoms with Gasteiger partial charge >= 0.3 is 0 Å². The number of aromatic nitrogens is 3. The maximum absolute atomic E-state index is 5.91. The molecule has 0 fully saturated rings. The van der Waals surface area contributed by atoms with E-state index in [0.29, 0.717) is 29.0 Å². The Morgan fingerprint density at radius 1 is 0.963 bits per heavy atom. The lowest BCUT2D eigenvalue weighted by Gasteiger charge is -2.00. The van der Waals surface area contributed by atoms with Crippen LogP contribution in [-0.2, 0) is 11.5 Å². The van der Waals surface area contributed by atoms with Crippen molar-refractivity contribution in [3.63, 3.8) is 0 Å². The first-order chi connectivity index (χ1) is 13.2. The predicted octanol–water partition coefficient (Wildman–Crippen LogP) is 5.79. The Hall–Kier alpha value is -2.57. The molecule has 0 aliphatic rings. The largest absolute Gasteiger partial charge is 0.420 e. The second kappa shape index (κ2) is 7.98. The normalized spacial score (nSPS) is 11.0. The van der Waals surface area contributed by atoms with Gasteiger partial charge in [0.1, 0.15) is 17.0 Å². The summed E-state index contributed by atoms with van der Waals surface area (Å²) in [5.41, 5.74) is 3.59. The van der Waals surface area contributed by atoms with Gasteiger partial charge in [-0.1, -0.05) is 59.2 Å². The Morgan fingerprint density at radius 3 is 2.52 bits per heavy atom. The second-order valence-electron chi connectivity index (χ2n) is 5.95. The van der Waals surface area contributed by atoms with Crippen molar-refractivity contribution < 1.29 is 8.94 Å². The van der Waals surface area contributed by atoms with Crippen LogP contribution in [0.1, 0.15) is 17.2 Å². The third-order valence-corrected chi connectivity index (χ3v) is 5.24. The van der Waals surface area contributed by atoms with Gasteiger partial charge < -0.3 is 8.94 Å². The smallest absolute Gasteiger partial charge is 0.253 e. The van der Waals surface area contributed by atoms with Gasteiger partial charge in [0, 0.05) is 16.3 Å². The average Bonchev–Trinajstić information content (AvgIpc) is 3.30. The lowest BCUT2D eigenvalue weighted by Crippen LogP contribution is -1.84. The molecule has 0 aliphatic carbocycles. The van der Waals surface area contributed by atoms with E-state index in [1.807, 2.05) is 61.5 Å². The fourth-order valence-corrected chi connectivity index (χ4v) is 3.61. The molecule has 0 atom stereocenters. The minimum Gasteiger partial charge on any atom is -0.420 e. The van der Waals surface area contributed by atoms with Gasteiger partial charge in [-0.3, -0.25) is 0 Å². The first-order valence-corrected chi connectivity index (χ1v) is 9.90. The summed E-state index contributed by atoms with van der Waals surface area (Å²) in [5.74, 6) is 3.12. The van der Waals surface area contributed by atoms with Crippen molar-refractivity contribution in [3.05, 3.63) is 76.8 Å². The number of hydrogen-bond acceptors (Lipinski definition) is 6. The minimum absolute atomic E-state index is 0.426. The van der Waals surface area contributed by atoms with E-state index in [0.717, 1.165) is 21.9 Å². The maximum Gasteiger partial charge on any atom is 0.253 e. The quantitative estimate of drug-likeness (QED) is 0.410. The van der Waals surface area contributed by atoms with E-state index in [-0.39, 0.29) is 0 Å². The lowest BCUT2D eigenvalue weighted by molar-refractivity contribution is 0.399. The summed E-state index contributed by atoms with van der Waals surface area (Å²) in [5, 5.41) is 13.3. The summed E-state index contributed by atoms with van der Waals surface area (Å²) in [4.78, 5) is 0. The Morgan fingerprint density at radius 2 is 1.74 bits per heavy atom. The zero-order valence-electron chi connectivity index (χ0n) is 14.6. The molecule has 2 heterocycles. The Labute approximate surface area is 165 Å². The van der Waals surface area contributed by atoms with Gasteiger partial charge in [-0.25, -0.2) is 0 Å². The van der Waals surface area contributed by atoms with Crippen LogP contribution in [0.5, 0.6) is 0 Å². The molecule has 5 nitrogen and oxygen atoms in total. The zero-order valence-corrected chi connectivity index (χ0v) is 16.1. The van der Waals surface area contributed by atoms with Crippen molar-refractivity contribution in [2.75, 3.05) is 0 Å². The molecule has 4 aromatic rings. The van der Waals surface area contributed by atoms with E-state index in [9.17, 15) is 0 Å². The van der Waals surface area contributed by atoms with E-state index in [1.165, 1.54) is 5.56 Å². The highest BCUT2D eigenvalue weighted by Crippen LogP contribution is 2.33. The molecule has 27 heavy (non-hydrogen) atoms. The molecule has 136 valence electrons. The number of aryl methyl sites for hydroxylation is 1. The summed E-state index contributed by atoms with van der Waals surface area (Å²) in [7, 11) is 0. The molecule has 4 rings (SSSR count). The number of nitrogens with zero attached hydrogens (tertiary/aromatic N) is 3. The van der Waals surface area contributed by atoms with Crippen molar-refractivity contribution >= 4 is 23.4 Å². The van der Waals surface area contributed by atoms with Gasteiger partial charge in [-0.2, -0.15) is 0 Å². The van der Waals surface area contributed by atoms with E-state index in [4.69, 9.17) is 20.5 Å². The molecule has 0 spiro atoms. The fraction of sp³-hybridized carbons (Fsp3) is 0.150. The van der Waals surface area contributed by atoms with Gasteiger partial charge in [0.05, 0.1) is 5.75 Å². The van der Waals surface area contributed by atoms with Crippen LogP contribution >= 0.6 is 23.4 Å². The number of hydrogen-bond donors (Lipinski definition) is 0. The SMILES string of the molecule is Cc1onc(-c2ccccc2)c1-c1nnc(CSCc2ccc(Cl)cc2)o1. The van der Waals surface area contributed by atoms with Crippen LogP contribution < -0.4 is 0 Å². The van der Waals surface area contributed by atoms with Crippen molar-refractivity contribution in [2.24, 2.45) is 0 Å². The summed E-state index contributed by atoms with van der Waals surface area (Å²) >= 11 is 7.61. The molecule has 0 amide bonds. The number of benzene rings is 2. The molecule has 0 saturated carbocycles. The third kappa shape index (κ3) is 4.07. The molecule has 0 radical (unpaired) electrons. The summed E-state index contributed by atoms with van der Waals surface area (Å²) < 4.78 is 11.2. The highest BCUT2D eigenvalue weighted by atomic mass is 35.5. The standard InChI is InChI=1S/C20H16ClN3O2S/c1-13-18(19(24-26-13)15-5-3-2-4-6-15)20-23-22-17(25-20)12-27-11-14-7-9-16(21)10-8-14/h2-10H,11-12H2,1H3. The monoisotopic (exact) mass is 397 g/mol. The molecule has 0 bridgehead atoms. The summed E-state index contributed by atoms with van der Waals surface area (Å²) in [6.45, 7) is 1.84. The summed E-state index contributed by atoms with van der Waals surface area (Å²) in [6, 6.07) is 17.6. The zero-order chi connectivity index (χ0) is 18.6. The van der Waals surface area contributed by atoms with Crippen molar-refractivity contribution in [1.82, 2.24) is 15.4 Å². The molecular weight excluding hydrogens is 382 g/mol. The van der Waals surface area contributed by atoms with Crippen LogP contribution in [0.25, 0.3) is 22.7 Å². The van der Waals surface area contributed by atoms with Gasteiger partial charge in [-0.05, 0) is 24.6 Å². The predicted molar refractivity (Wildman–Crippen MR) is 106 cm³/mol. The molecule has 0 aliphatic heterocycles. The van der Waals surface area contributed by atoms with E-state index in [2.05, 4.69) is 15.4 Å². The average molecular weight is 398 g/mol. The van der Waals surface area contributed by atoms with Crippen LogP contribution in [0.2, 0.25) is 5.02 Å². The van der Waals surface area contributed by atoms with Crippen LogP contribution in [0.15, 0.2) is 63.5 Å². The van der Waals surface area contributed by atoms with E-state index in [1.54, 1.807) is 11.8 Å². The number of halogens is 1. The van der Waals surface area contributed by atoms with E-state index >= 15 is 0 Å². The van der Waals surface area contributed by atoms with Crippen LogP contribution in [-0.4, -0.2) is 15.4 Å². The van der Waals surface area contributed by atoms with Crippen molar-refractivity contribution in [3.8, 4) is 22.7 Å². The van der Waals surface area contributed by atoms with Crippen LogP contribution in [0, 0.1) is 6.92 Å². The van der Waals surface area contributed by atoms with Gasteiger partial charge in [0.15, 0.2) is 0 Å². The number of thioether (sulfide) groups is 1. The van der Waals surface area contributed by atoms with Crippen LogP contribution in [0.3, 0.4) is 0 Å². The topological polar surface area (TPSA) is 65.0 Å². The van der Waals surface area contributed by atoms with Gasteiger partial charge in [0.25, 0.3) is 5.89 Å². The molecule has 0 saturated heterocycles. The molecular formula is C20H16ClN3O2S. The van der Waals surface area contributed by atoms with Crippen LogP contribution in [0.4, 0.5) is 0 Å². The molecule has 2 aromatic heterocycles. The Kier molecular flexibility index (Phi) is 5.27. The van der Waals surface area contributed by atoms with Crippen molar-refractivity contribution in [1.29, 1.82) is 0 Å². The molecule has 0 unspecified atom stereocenters. The first-order valence-electron chi connectivity index (χ1n) is 8.37. The Balaban J connectivity index is 1.48. The second-order valence-corrected chi connectivity index (χ2v) is 7.37. The third-order valence-electron chi connectivity index (χ3n) is 4.00. The maximum atomic E-state index is 5.91. The Bertz CT molecular complexity index is 1030. The molecule has 0 N–H and O–H groups in total. The van der Waals surface area contributed by atoms with Gasteiger partial charge in [0.2, 0.25) is 5.89 Å². The first kappa shape index (κ1) is 17.8. The molecule has 2 aromatic carbocycles. The lowest BCUT2D eigenvalue weighted by atomic mass is 10.1. The van der Waals surface area contributed by atoms with E-state index < -0.39 is 0 Å². The minimum atomic E-state index is 0.426. The highest BCUT2D eigenvalue weighted by molar-refractivity contribution is 7.97. The van der Waals surface area contributed by atoms with Gasteiger partial charge in [-0.15, -0.1) is 22.0 Å².